The van der Waals surface area contributed by atoms with Gasteiger partial charge in [-0.2, -0.15) is 4.72 Å². The lowest BCUT2D eigenvalue weighted by Gasteiger charge is -2.25. The minimum absolute atomic E-state index is 0.000261. The number of urea groups is 1. The first-order valence-electron chi connectivity index (χ1n) is 16.4. The van der Waals surface area contributed by atoms with Gasteiger partial charge in [-0.1, -0.05) is 60.2 Å². The number of carboxylic acid groups (broad SMARTS) is 1. The molecule has 0 bridgehead atoms. The maximum absolute atomic E-state index is 13.1. The van der Waals surface area contributed by atoms with E-state index in [1.165, 1.54) is 6.34 Å². The largest absolute Gasteiger partial charge is 0.480 e. The molecular formula is C37H42N6O8S2. The Morgan fingerprint density at radius 1 is 0.906 bits per heavy atom. The number of carbonyl (C=O) groups is 4. The molecule has 14 nitrogen and oxygen atoms in total. The zero-order chi connectivity index (χ0) is 38.8. The third-order valence-electron chi connectivity index (χ3n) is 7.63. The fraction of sp³-hybridized carbons (Fsp3) is 0.270. The van der Waals surface area contributed by atoms with E-state index in [4.69, 9.17) is 4.74 Å². The van der Waals surface area contributed by atoms with Gasteiger partial charge in [0.15, 0.2) is 0 Å². The van der Waals surface area contributed by atoms with Gasteiger partial charge < -0.3 is 25.8 Å². The number of hydrogen-bond acceptors (Lipinski definition) is 9. The number of carbonyl (C=O) groups excluding carboxylic acids is 3. The molecule has 0 saturated carbocycles. The Balaban J connectivity index is 1.28. The van der Waals surface area contributed by atoms with Gasteiger partial charge >= 0.3 is 18.1 Å². The van der Waals surface area contributed by atoms with E-state index in [1.54, 1.807) is 70.2 Å². The molecule has 6 N–H and O–H groups in total. The van der Waals surface area contributed by atoms with Crippen molar-refractivity contribution in [2.24, 2.45) is 4.99 Å². The topological polar surface area (TPSA) is 204 Å². The monoisotopic (exact) mass is 762 g/mol. The number of benzene rings is 3. The normalized spacial score (nSPS) is 12.2. The molecule has 280 valence electrons. The molecule has 1 aromatic heterocycles. The van der Waals surface area contributed by atoms with Gasteiger partial charge in [-0.25, -0.2) is 23.0 Å². The summed E-state index contributed by atoms with van der Waals surface area (Å²) in [5, 5.41) is 20.1. The first kappa shape index (κ1) is 40.2. The summed E-state index contributed by atoms with van der Waals surface area (Å²) >= 11 is 1.15. The van der Waals surface area contributed by atoms with Gasteiger partial charge in [0.25, 0.3) is 5.91 Å². The predicted octanol–water partition coefficient (Wildman–Crippen LogP) is 5.17. The highest BCUT2D eigenvalue weighted by Gasteiger charge is 2.29. The van der Waals surface area contributed by atoms with Gasteiger partial charge in [-0.15, -0.1) is 11.3 Å². The number of thiophene rings is 1. The molecule has 0 radical (unpaired) electrons. The van der Waals surface area contributed by atoms with Gasteiger partial charge in [0.05, 0.1) is 28.3 Å². The molecule has 3 aromatic carbocycles. The van der Waals surface area contributed by atoms with E-state index >= 15 is 0 Å². The van der Waals surface area contributed by atoms with E-state index in [-0.39, 0.29) is 16.3 Å². The molecule has 4 rings (SSSR count). The number of aliphatic carboxylic acids is 1. The number of nitrogens with one attached hydrogen (secondary N) is 5. The van der Waals surface area contributed by atoms with Crippen molar-refractivity contribution >= 4 is 57.4 Å². The van der Waals surface area contributed by atoms with Gasteiger partial charge in [-0.3, -0.25) is 14.9 Å². The fourth-order valence-electron chi connectivity index (χ4n) is 5.26. The summed E-state index contributed by atoms with van der Waals surface area (Å²) in [6.07, 6.45) is 0.410. The number of aliphatic imine (C=N–C) groups is 1. The van der Waals surface area contributed by atoms with Crippen molar-refractivity contribution in [3.05, 3.63) is 106 Å². The second-order valence-electron chi connectivity index (χ2n) is 12.7. The standard InChI is InChI=1S/C37H42N6O8S2/c1-23-16-24(2)32(25(3)17-23)53(49,50)43-29(34(45)46)20-38-33(44)31-15-14-30(52-31)27-12-9-13-28(18-27)41-22-42-36(48)51-37(4,5)21-40-35(47)39-19-26-10-7-6-8-11-26/h6-18,22,29,43H,19-21H2,1-5H3,(H,38,44)(H,45,46)(H2,39,40,47)(H,41,42,48). The number of sulfonamides is 1. The molecule has 0 fully saturated rings. The number of amides is 4. The molecule has 0 saturated heterocycles. The van der Waals surface area contributed by atoms with E-state index in [2.05, 4.69) is 31.0 Å². The lowest BCUT2D eigenvalue weighted by molar-refractivity contribution is -0.138. The van der Waals surface area contributed by atoms with Crippen LogP contribution in [-0.2, 0) is 26.1 Å². The van der Waals surface area contributed by atoms with E-state index in [9.17, 15) is 32.7 Å². The van der Waals surface area contributed by atoms with Crippen LogP contribution in [0.3, 0.4) is 0 Å². The second kappa shape index (κ2) is 17.8. The van der Waals surface area contributed by atoms with Crippen molar-refractivity contribution in [1.29, 1.82) is 0 Å². The van der Waals surface area contributed by atoms with Crippen LogP contribution in [0, 0.1) is 20.8 Å². The van der Waals surface area contributed by atoms with Crippen LogP contribution in [0.2, 0.25) is 0 Å². The summed E-state index contributed by atoms with van der Waals surface area (Å²) in [5.41, 5.74) is 2.98. The summed E-state index contributed by atoms with van der Waals surface area (Å²) in [5.74, 6) is -2.01. The first-order chi connectivity index (χ1) is 25.0. The second-order valence-corrected chi connectivity index (χ2v) is 15.5. The zero-order valence-electron chi connectivity index (χ0n) is 29.9. The number of nitrogens with zero attached hydrogens (tertiary/aromatic N) is 1. The molecule has 0 spiro atoms. The third kappa shape index (κ3) is 12.0. The van der Waals surface area contributed by atoms with Crippen LogP contribution in [0.15, 0.2) is 88.8 Å². The van der Waals surface area contributed by atoms with Crippen LogP contribution in [0.4, 0.5) is 15.3 Å². The summed E-state index contributed by atoms with van der Waals surface area (Å²) in [7, 11) is -4.20. The van der Waals surface area contributed by atoms with Crippen LogP contribution in [0.5, 0.6) is 0 Å². The van der Waals surface area contributed by atoms with Crippen molar-refractivity contribution in [2.75, 3.05) is 13.1 Å². The van der Waals surface area contributed by atoms with Crippen LogP contribution in [-0.4, -0.2) is 68.6 Å². The van der Waals surface area contributed by atoms with Crippen molar-refractivity contribution < 1.29 is 37.4 Å². The molecule has 0 aliphatic heterocycles. The maximum atomic E-state index is 13.1. The van der Waals surface area contributed by atoms with Gasteiger partial charge in [0, 0.05) is 18.0 Å². The Labute approximate surface area is 312 Å². The van der Waals surface area contributed by atoms with Crippen molar-refractivity contribution in [3.8, 4) is 10.4 Å². The number of hydrogen-bond donors (Lipinski definition) is 6. The Hall–Kier alpha value is -5.58. The van der Waals surface area contributed by atoms with Crippen molar-refractivity contribution in [1.82, 2.24) is 26.0 Å². The van der Waals surface area contributed by atoms with Gasteiger partial charge in [-0.05, 0) is 81.1 Å². The van der Waals surface area contributed by atoms with E-state index < -0.39 is 52.2 Å². The lowest BCUT2D eigenvalue weighted by Crippen LogP contribution is -2.48. The summed E-state index contributed by atoms with van der Waals surface area (Å²) in [6.45, 7) is 8.34. The van der Waals surface area contributed by atoms with Gasteiger partial charge in [0.1, 0.15) is 11.6 Å². The Kier molecular flexibility index (Phi) is 13.5. The van der Waals surface area contributed by atoms with Crippen molar-refractivity contribution in [2.45, 2.75) is 57.7 Å². The molecule has 1 heterocycles. The summed E-state index contributed by atoms with van der Waals surface area (Å²) in [6, 6.07) is 21.1. The molecule has 1 atom stereocenters. The van der Waals surface area contributed by atoms with E-state index in [0.717, 1.165) is 28.0 Å². The highest BCUT2D eigenvalue weighted by Crippen LogP contribution is 2.30. The molecule has 0 aliphatic rings. The average molecular weight is 763 g/mol. The highest BCUT2D eigenvalue weighted by atomic mass is 32.2. The number of carboxylic acids is 1. The molecular weight excluding hydrogens is 721 g/mol. The zero-order valence-corrected chi connectivity index (χ0v) is 31.5. The average Bonchev–Trinajstić information content (AvgIpc) is 3.59. The van der Waals surface area contributed by atoms with Crippen LogP contribution < -0.4 is 26.0 Å². The minimum atomic E-state index is -4.20. The number of ether oxygens (including phenoxy) is 1. The molecule has 16 heteroatoms. The van der Waals surface area contributed by atoms with Crippen LogP contribution >= 0.6 is 11.3 Å². The lowest BCUT2D eigenvalue weighted by atomic mass is 10.1. The number of alkyl carbamates (subject to hydrolysis) is 1. The number of rotatable bonds is 15. The van der Waals surface area contributed by atoms with E-state index in [0.29, 0.717) is 28.2 Å². The molecule has 4 aromatic rings. The smallest absolute Gasteiger partial charge is 0.412 e. The quantitative estimate of drug-likeness (QED) is 0.0703. The molecule has 0 aliphatic carbocycles. The van der Waals surface area contributed by atoms with Crippen molar-refractivity contribution in [3.63, 3.8) is 0 Å². The SMILES string of the molecule is Cc1cc(C)c(S(=O)(=O)NC(CNC(=O)c2ccc(-c3cccc(N=CNC(=O)OC(C)(C)CNC(=O)NCc4ccccc4)c3)s2)C(=O)O)c(C)c1. The summed E-state index contributed by atoms with van der Waals surface area (Å²) in [4.78, 5) is 54.7. The van der Waals surface area contributed by atoms with Crippen LogP contribution in [0.25, 0.3) is 10.4 Å². The fourth-order valence-corrected chi connectivity index (χ4v) is 7.82. The molecule has 53 heavy (non-hydrogen) atoms. The van der Waals surface area contributed by atoms with Crippen LogP contribution in [0.1, 0.15) is 45.8 Å². The van der Waals surface area contributed by atoms with Gasteiger partial charge in [0.2, 0.25) is 10.0 Å². The molecule has 4 amide bonds. The highest BCUT2D eigenvalue weighted by molar-refractivity contribution is 7.89. The van der Waals surface area contributed by atoms with E-state index in [1.807, 2.05) is 43.3 Å². The third-order valence-corrected chi connectivity index (χ3v) is 10.5. The first-order valence-corrected chi connectivity index (χ1v) is 18.7. The minimum Gasteiger partial charge on any atom is -0.480 e. The molecule has 1 unspecified atom stereocenters. The number of aryl methyl sites for hydroxylation is 3. The Morgan fingerprint density at radius 3 is 2.28 bits per heavy atom. The maximum Gasteiger partial charge on any atom is 0.412 e. The Bertz CT molecular complexity index is 2080. The summed E-state index contributed by atoms with van der Waals surface area (Å²) < 4.78 is 33.9. The predicted molar refractivity (Wildman–Crippen MR) is 203 cm³/mol. The Morgan fingerprint density at radius 2 is 1.60 bits per heavy atom.